The lowest BCUT2D eigenvalue weighted by molar-refractivity contribution is 0.0730. The summed E-state index contributed by atoms with van der Waals surface area (Å²) < 4.78 is 34.2. The molecule has 0 spiro atoms. The lowest BCUT2D eigenvalue weighted by Crippen LogP contribution is -2.40. The number of carbonyl (C=O) groups is 1. The standard InChI is InChI=1S/C21H20ClN3O4S/c22-17-6-7-19(20(15-17)24-8-1-2-9-24)23-21(26)16-4-3-5-18(14-16)30(27,28)25-10-12-29-13-11-25/h1-9,14-15H,10-13H2,(H,23,26). The molecule has 2 heterocycles. The fourth-order valence-corrected chi connectivity index (χ4v) is 4.87. The Balaban J connectivity index is 1.61. The molecule has 3 aromatic rings. The Morgan fingerprint density at radius 1 is 1.00 bits per heavy atom. The van der Waals surface area contributed by atoms with Crippen LogP contribution in [-0.4, -0.2) is 49.5 Å². The molecule has 4 rings (SSSR count). The third-order valence-electron chi connectivity index (χ3n) is 4.79. The predicted octanol–water partition coefficient (Wildman–Crippen LogP) is 3.40. The van der Waals surface area contributed by atoms with Crippen molar-refractivity contribution in [1.82, 2.24) is 8.87 Å². The number of ether oxygens (including phenoxy) is 1. The number of sulfonamides is 1. The van der Waals surface area contributed by atoms with Gasteiger partial charge in [0.2, 0.25) is 10.0 Å². The van der Waals surface area contributed by atoms with Gasteiger partial charge in [-0.15, -0.1) is 0 Å². The Bertz CT molecular complexity index is 1160. The molecule has 1 saturated heterocycles. The molecular weight excluding hydrogens is 426 g/mol. The van der Waals surface area contributed by atoms with Crippen LogP contribution in [0.5, 0.6) is 0 Å². The molecule has 0 bridgehead atoms. The molecule has 0 saturated carbocycles. The maximum Gasteiger partial charge on any atom is 0.255 e. The van der Waals surface area contributed by atoms with Gasteiger partial charge in [0.1, 0.15) is 0 Å². The molecule has 0 atom stereocenters. The van der Waals surface area contributed by atoms with Gasteiger partial charge >= 0.3 is 0 Å². The van der Waals surface area contributed by atoms with Gasteiger partial charge in [-0.1, -0.05) is 17.7 Å². The molecule has 1 N–H and O–H groups in total. The van der Waals surface area contributed by atoms with Crippen molar-refractivity contribution in [3.63, 3.8) is 0 Å². The second-order valence-corrected chi connectivity index (χ2v) is 9.12. The van der Waals surface area contributed by atoms with E-state index in [2.05, 4.69) is 5.32 Å². The summed E-state index contributed by atoms with van der Waals surface area (Å²) in [5.74, 6) is -0.412. The largest absolute Gasteiger partial charge is 0.379 e. The maximum absolute atomic E-state index is 12.9. The Kier molecular flexibility index (Phi) is 5.92. The van der Waals surface area contributed by atoms with Crippen molar-refractivity contribution in [3.8, 4) is 5.69 Å². The highest BCUT2D eigenvalue weighted by Crippen LogP contribution is 2.26. The molecule has 0 unspecified atom stereocenters. The average Bonchev–Trinajstić information content (AvgIpc) is 3.30. The van der Waals surface area contributed by atoms with Gasteiger partial charge in [-0.2, -0.15) is 4.31 Å². The first-order valence-corrected chi connectivity index (χ1v) is 11.2. The molecule has 0 aliphatic carbocycles. The molecule has 7 nitrogen and oxygen atoms in total. The Morgan fingerprint density at radius 2 is 1.73 bits per heavy atom. The van der Waals surface area contributed by atoms with Crippen molar-refractivity contribution in [2.24, 2.45) is 0 Å². The first-order valence-electron chi connectivity index (χ1n) is 9.37. The lowest BCUT2D eigenvalue weighted by atomic mass is 10.2. The summed E-state index contributed by atoms with van der Waals surface area (Å²) in [5.41, 5.74) is 1.51. The second kappa shape index (κ2) is 8.61. The van der Waals surface area contributed by atoms with Crippen LogP contribution in [0.15, 0.2) is 71.9 Å². The average molecular weight is 446 g/mol. The van der Waals surface area contributed by atoms with Crippen molar-refractivity contribution in [2.75, 3.05) is 31.6 Å². The number of halogens is 1. The van der Waals surface area contributed by atoms with Crippen LogP contribution in [0.25, 0.3) is 5.69 Å². The highest BCUT2D eigenvalue weighted by Gasteiger charge is 2.27. The summed E-state index contributed by atoms with van der Waals surface area (Å²) in [7, 11) is -3.69. The van der Waals surface area contributed by atoms with Crippen LogP contribution in [-0.2, 0) is 14.8 Å². The highest BCUT2D eigenvalue weighted by molar-refractivity contribution is 7.89. The van der Waals surface area contributed by atoms with E-state index in [4.69, 9.17) is 16.3 Å². The smallest absolute Gasteiger partial charge is 0.255 e. The molecule has 1 aromatic heterocycles. The fraction of sp³-hybridized carbons (Fsp3) is 0.190. The van der Waals surface area contributed by atoms with E-state index in [1.54, 1.807) is 30.3 Å². The van der Waals surface area contributed by atoms with Crippen molar-refractivity contribution in [3.05, 3.63) is 77.6 Å². The zero-order chi connectivity index (χ0) is 21.1. The number of amides is 1. The van der Waals surface area contributed by atoms with Gasteiger partial charge in [-0.25, -0.2) is 8.42 Å². The van der Waals surface area contributed by atoms with Gasteiger partial charge in [0, 0.05) is 36.1 Å². The number of anilines is 1. The van der Waals surface area contributed by atoms with Crippen LogP contribution in [0.2, 0.25) is 5.02 Å². The minimum absolute atomic E-state index is 0.0822. The number of hydrogen-bond acceptors (Lipinski definition) is 4. The molecular formula is C21H20ClN3O4S. The van der Waals surface area contributed by atoms with Gasteiger partial charge in [0.15, 0.2) is 0 Å². The molecule has 156 valence electrons. The van der Waals surface area contributed by atoms with E-state index in [0.29, 0.717) is 42.7 Å². The monoisotopic (exact) mass is 445 g/mol. The first-order chi connectivity index (χ1) is 14.4. The van der Waals surface area contributed by atoms with Crippen molar-refractivity contribution >= 4 is 33.2 Å². The predicted molar refractivity (Wildman–Crippen MR) is 115 cm³/mol. The maximum atomic E-state index is 12.9. The summed E-state index contributed by atoms with van der Waals surface area (Å²) in [6.07, 6.45) is 3.69. The van der Waals surface area contributed by atoms with Crippen LogP contribution in [0.3, 0.4) is 0 Å². The van der Waals surface area contributed by atoms with E-state index < -0.39 is 15.9 Å². The third-order valence-corrected chi connectivity index (χ3v) is 6.92. The molecule has 9 heteroatoms. The summed E-state index contributed by atoms with van der Waals surface area (Å²) >= 11 is 6.13. The Hall–Kier alpha value is -2.65. The molecule has 0 radical (unpaired) electrons. The van der Waals surface area contributed by atoms with Crippen LogP contribution in [0, 0.1) is 0 Å². The molecule has 2 aromatic carbocycles. The van der Waals surface area contributed by atoms with E-state index in [1.807, 2.05) is 29.1 Å². The number of nitrogens with one attached hydrogen (secondary N) is 1. The van der Waals surface area contributed by atoms with E-state index >= 15 is 0 Å². The minimum Gasteiger partial charge on any atom is -0.379 e. The van der Waals surface area contributed by atoms with E-state index in [0.717, 1.165) is 0 Å². The zero-order valence-corrected chi connectivity index (χ0v) is 17.6. The number of rotatable bonds is 5. The summed E-state index contributed by atoms with van der Waals surface area (Å²) in [5, 5.41) is 3.39. The SMILES string of the molecule is O=C(Nc1ccc(Cl)cc1-n1cccc1)c1cccc(S(=O)(=O)N2CCOCC2)c1. The second-order valence-electron chi connectivity index (χ2n) is 6.75. The van der Waals surface area contributed by atoms with Gasteiger partial charge in [0.05, 0.1) is 29.5 Å². The topological polar surface area (TPSA) is 80.6 Å². The van der Waals surface area contributed by atoms with E-state index in [9.17, 15) is 13.2 Å². The normalized spacial score (nSPS) is 15.1. The highest BCUT2D eigenvalue weighted by atomic mass is 35.5. The Morgan fingerprint density at radius 3 is 2.47 bits per heavy atom. The van der Waals surface area contributed by atoms with Crippen LogP contribution >= 0.6 is 11.6 Å². The van der Waals surface area contributed by atoms with Crippen LogP contribution in [0.4, 0.5) is 5.69 Å². The quantitative estimate of drug-likeness (QED) is 0.652. The molecule has 1 aliphatic rings. The Labute approximate surface area is 179 Å². The summed E-state index contributed by atoms with van der Waals surface area (Å²) in [6.45, 7) is 1.31. The fourth-order valence-electron chi connectivity index (χ4n) is 3.25. The molecule has 30 heavy (non-hydrogen) atoms. The van der Waals surface area contributed by atoms with Crippen LogP contribution < -0.4 is 5.32 Å². The number of carbonyl (C=O) groups excluding carboxylic acids is 1. The molecule has 1 fully saturated rings. The summed E-state index contributed by atoms with van der Waals surface area (Å²) in [4.78, 5) is 13.0. The van der Waals surface area contributed by atoms with Gasteiger partial charge in [-0.3, -0.25) is 4.79 Å². The molecule has 1 aliphatic heterocycles. The van der Waals surface area contributed by atoms with Gasteiger partial charge < -0.3 is 14.6 Å². The molecule has 1 amide bonds. The van der Waals surface area contributed by atoms with Gasteiger partial charge in [-0.05, 0) is 48.5 Å². The van der Waals surface area contributed by atoms with E-state index in [1.165, 1.54) is 16.4 Å². The van der Waals surface area contributed by atoms with Crippen molar-refractivity contribution in [2.45, 2.75) is 4.90 Å². The van der Waals surface area contributed by atoms with E-state index in [-0.39, 0.29) is 10.5 Å². The van der Waals surface area contributed by atoms with Crippen molar-refractivity contribution < 1.29 is 17.9 Å². The van der Waals surface area contributed by atoms with Crippen molar-refractivity contribution in [1.29, 1.82) is 0 Å². The summed E-state index contributed by atoms with van der Waals surface area (Å²) in [6, 6.07) is 14.9. The number of hydrogen-bond donors (Lipinski definition) is 1. The third kappa shape index (κ3) is 4.27. The number of benzene rings is 2. The lowest BCUT2D eigenvalue weighted by Gasteiger charge is -2.26. The first kappa shape index (κ1) is 20.6. The van der Waals surface area contributed by atoms with Gasteiger partial charge in [0.25, 0.3) is 5.91 Å². The number of nitrogens with zero attached hydrogens (tertiary/aromatic N) is 2. The zero-order valence-electron chi connectivity index (χ0n) is 16.0. The number of morpholine rings is 1. The number of aromatic nitrogens is 1. The minimum atomic E-state index is -3.69. The van der Waals surface area contributed by atoms with Crippen LogP contribution in [0.1, 0.15) is 10.4 Å².